The topological polar surface area (TPSA) is 76.7 Å². The molecule has 1 aliphatic heterocycles. The van der Waals surface area contributed by atoms with Crippen LogP contribution in [0.15, 0.2) is 54.9 Å². The number of hydrogen-bond acceptors (Lipinski definition) is 5. The van der Waals surface area contributed by atoms with Crippen molar-refractivity contribution < 1.29 is 18.4 Å². The Morgan fingerprint density at radius 2 is 1.48 bits per heavy atom. The lowest BCUT2D eigenvalue weighted by Crippen LogP contribution is -2.48. The van der Waals surface area contributed by atoms with Crippen molar-refractivity contribution in [3.05, 3.63) is 71.5 Å². The van der Waals surface area contributed by atoms with Gasteiger partial charge in [0.15, 0.2) is 16.6 Å². The number of aromatic nitrogens is 2. The molecule has 0 saturated carbocycles. The summed E-state index contributed by atoms with van der Waals surface area (Å²) in [6.45, 7) is 24.4. The van der Waals surface area contributed by atoms with E-state index in [1.807, 2.05) is 30.5 Å². The van der Waals surface area contributed by atoms with E-state index >= 15 is 0 Å². The summed E-state index contributed by atoms with van der Waals surface area (Å²) in [6, 6.07) is 14.3. The number of carbonyl (C=O) groups excluding carboxylic acids is 1. The third-order valence-corrected chi connectivity index (χ3v) is 19.5. The van der Waals surface area contributed by atoms with E-state index in [1.165, 1.54) is 0 Å². The van der Waals surface area contributed by atoms with Gasteiger partial charge in [0, 0.05) is 37.1 Å². The van der Waals surface area contributed by atoms with Gasteiger partial charge in [-0.15, -0.1) is 0 Å². The van der Waals surface area contributed by atoms with Crippen LogP contribution in [-0.4, -0.2) is 58.0 Å². The lowest BCUT2D eigenvalue weighted by molar-refractivity contribution is 0.0343. The van der Waals surface area contributed by atoms with Gasteiger partial charge in [-0.25, -0.2) is 0 Å². The summed E-state index contributed by atoms with van der Waals surface area (Å²) in [6.07, 6.45) is 5.04. The minimum atomic E-state index is -2.01. The second-order valence-electron chi connectivity index (χ2n) is 15.2. The van der Waals surface area contributed by atoms with E-state index in [0.29, 0.717) is 32.6 Å². The average molecular weight is 636 g/mol. The van der Waals surface area contributed by atoms with Crippen molar-refractivity contribution in [2.45, 2.75) is 103 Å². The predicted octanol–water partition coefficient (Wildman–Crippen LogP) is 8.76. The Labute approximate surface area is 267 Å². The smallest absolute Gasteiger partial charge is 0.255 e. The van der Waals surface area contributed by atoms with Crippen LogP contribution in [0.1, 0.15) is 75.9 Å². The summed E-state index contributed by atoms with van der Waals surface area (Å²) < 4.78 is 19.1. The highest BCUT2D eigenvalue weighted by molar-refractivity contribution is 6.74. The Hall–Kier alpha value is -2.73. The van der Waals surface area contributed by atoms with E-state index < -0.39 is 22.2 Å². The lowest BCUT2D eigenvalue weighted by atomic mass is 9.83. The monoisotopic (exact) mass is 635 g/mol. The number of nitrogens with one attached hydrogen (secondary N) is 1. The summed E-state index contributed by atoms with van der Waals surface area (Å²) in [5, 5.41) is 7.22. The van der Waals surface area contributed by atoms with Gasteiger partial charge in [0.2, 0.25) is 0 Å². The fourth-order valence-electron chi connectivity index (χ4n) is 5.42. The zero-order valence-corrected chi connectivity index (χ0v) is 30.8. The maximum absolute atomic E-state index is 14.5. The van der Waals surface area contributed by atoms with E-state index in [-0.39, 0.29) is 16.0 Å². The Kier molecular flexibility index (Phi) is 9.76. The van der Waals surface area contributed by atoms with Gasteiger partial charge in [0.1, 0.15) is 5.75 Å². The maximum Gasteiger partial charge on any atom is 0.255 e. The second-order valence-corrected chi connectivity index (χ2v) is 24.9. The van der Waals surface area contributed by atoms with Crippen molar-refractivity contribution in [3.63, 3.8) is 0 Å². The van der Waals surface area contributed by atoms with E-state index in [4.69, 9.17) is 13.6 Å². The molecule has 1 aromatic heterocycles. The van der Waals surface area contributed by atoms with Gasteiger partial charge in [0.05, 0.1) is 18.8 Å². The molecule has 0 spiro atoms. The van der Waals surface area contributed by atoms with Crippen LogP contribution in [0.3, 0.4) is 0 Å². The highest BCUT2D eigenvalue weighted by atomic mass is 28.4. The third-order valence-electron chi connectivity index (χ3n) is 10.4. The number of hydrogen-bond donors (Lipinski definition) is 1. The molecule has 4 rings (SSSR count). The second kappa shape index (κ2) is 12.6. The van der Waals surface area contributed by atoms with Crippen molar-refractivity contribution in [2.24, 2.45) is 0 Å². The first kappa shape index (κ1) is 34.2. The van der Waals surface area contributed by atoms with Crippen molar-refractivity contribution in [1.82, 2.24) is 15.1 Å². The number of aromatic amines is 1. The van der Waals surface area contributed by atoms with Crippen molar-refractivity contribution in [2.75, 3.05) is 20.3 Å². The number of amides is 1. The Morgan fingerprint density at radius 1 is 0.864 bits per heavy atom. The fraction of sp³-hybridized carbons (Fsp3) is 0.543. The standard InChI is InChI=1S/C35H53N3O4Si2/c1-33(2,3)43(8,9)41-19-17-35(18-20-42-44(10,11)34(4,5)6)31-16-15-27(28-23-36-37-24-28)22-30(31)32(39)38(35)25-26-13-12-14-29(21-26)40-7/h12-16,21-24H,17-20,25H2,1-11H3,(H,36,37). The summed E-state index contributed by atoms with van der Waals surface area (Å²) in [5.41, 5.74) is 4.16. The van der Waals surface area contributed by atoms with E-state index in [2.05, 4.69) is 101 Å². The van der Waals surface area contributed by atoms with Crippen LogP contribution < -0.4 is 4.74 Å². The zero-order chi connectivity index (χ0) is 32.6. The van der Waals surface area contributed by atoms with Crippen LogP contribution in [-0.2, 0) is 20.9 Å². The van der Waals surface area contributed by atoms with Gasteiger partial charge in [-0.1, -0.05) is 65.8 Å². The number of rotatable bonds is 12. The molecule has 0 radical (unpaired) electrons. The van der Waals surface area contributed by atoms with E-state index in [9.17, 15) is 4.79 Å². The molecule has 2 aromatic carbocycles. The minimum Gasteiger partial charge on any atom is -0.497 e. The summed E-state index contributed by atoms with van der Waals surface area (Å²) in [7, 11) is -2.35. The molecule has 0 bridgehead atoms. The number of methoxy groups -OCH3 is 1. The first-order valence-corrected chi connectivity index (χ1v) is 21.6. The van der Waals surface area contributed by atoms with E-state index in [0.717, 1.165) is 33.6 Å². The zero-order valence-electron chi connectivity index (χ0n) is 28.8. The number of nitrogens with zero attached hydrogens (tertiary/aromatic N) is 2. The molecule has 0 unspecified atom stereocenters. The Bertz CT molecular complexity index is 1410. The molecular weight excluding hydrogens is 583 g/mol. The van der Waals surface area contributed by atoms with E-state index in [1.54, 1.807) is 13.3 Å². The van der Waals surface area contributed by atoms with Crippen LogP contribution in [0.4, 0.5) is 0 Å². The molecule has 0 atom stereocenters. The van der Waals surface area contributed by atoms with Gasteiger partial charge in [-0.3, -0.25) is 9.89 Å². The normalized spacial score (nSPS) is 15.5. The summed E-state index contributed by atoms with van der Waals surface area (Å²) in [4.78, 5) is 16.6. The minimum absolute atomic E-state index is 0.0350. The molecule has 9 heteroatoms. The van der Waals surface area contributed by atoms with Crippen LogP contribution in [0, 0.1) is 0 Å². The molecule has 240 valence electrons. The molecule has 0 saturated heterocycles. The molecule has 7 nitrogen and oxygen atoms in total. The largest absolute Gasteiger partial charge is 0.497 e. The van der Waals surface area contributed by atoms with Crippen molar-refractivity contribution >= 4 is 22.5 Å². The SMILES string of the molecule is COc1cccc(CN2C(=O)c3cc(-c4cn[nH]c4)ccc3C2(CCO[Si](C)(C)C(C)(C)C)CCO[Si](C)(C)C(C)(C)C)c1. The molecule has 1 amide bonds. The van der Waals surface area contributed by atoms with Gasteiger partial charge < -0.3 is 18.5 Å². The Balaban J connectivity index is 1.80. The number of H-pyrrole nitrogens is 1. The molecule has 1 N–H and O–H groups in total. The van der Waals surface area contributed by atoms with Gasteiger partial charge in [-0.2, -0.15) is 5.10 Å². The fourth-order valence-corrected chi connectivity index (χ4v) is 7.52. The van der Waals surface area contributed by atoms with Gasteiger partial charge >= 0.3 is 0 Å². The van der Waals surface area contributed by atoms with Gasteiger partial charge in [0.25, 0.3) is 5.91 Å². The lowest BCUT2D eigenvalue weighted by Gasteiger charge is -2.43. The summed E-state index contributed by atoms with van der Waals surface area (Å²) in [5.74, 6) is 0.815. The quantitative estimate of drug-likeness (QED) is 0.201. The molecule has 2 heterocycles. The third kappa shape index (κ3) is 6.91. The summed E-state index contributed by atoms with van der Waals surface area (Å²) >= 11 is 0. The molecule has 44 heavy (non-hydrogen) atoms. The van der Waals surface area contributed by atoms with Gasteiger partial charge in [-0.05, 0) is 84.0 Å². The number of carbonyl (C=O) groups is 1. The first-order valence-electron chi connectivity index (χ1n) is 15.8. The molecular formula is C35H53N3O4Si2. The number of ether oxygens (including phenoxy) is 1. The van der Waals surface area contributed by atoms with Crippen LogP contribution in [0.5, 0.6) is 5.75 Å². The molecule has 1 aliphatic rings. The molecule has 3 aromatic rings. The van der Waals surface area contributed by atoms with Crippen LogP contribution in [0.2, 0.25) is 36.3 Å². The molecule has 0 fully saturated rings. The average Bonchev–Trinajstić information content (AvgIpc) is 3.55. The maximum atomic E-state index is 14.5. The highest BCUT2D eigenvalue weighted by Crippen LogP contribution is 2.48. The van der Waals surface area contributed by atoms with Crippen molar-refractivity contribution in [1.29, 1.82) is 0 Å². The number of fused-ring (bicyclic) bond motifs is 1. The predicted molar refractivity (Wildman–Crippen MR) is 184 cm³/mol. The molecule has 0 aliphatic carbocycles. The first-order chi connectivity index (χ1) is 20.4. The van der Waals surface area contributed by atoms with Crippen LogP contribution >= 0.6 is 0 Å². The van der Waals surface area contributed by atoms with Crippen molar-refractivity contribution in [3.8, 4) is 16.9 Å². The highest BCUT2D eigenvalue weighted by Gasteiger charge is 2.50. The Morgan fingerprint density at radius 3 is 2.00 bits per heavy atom. The number of benzene rings is 2. The van der Waals surface area contributed by atoms with Crippen LogP contribution in [0.25, 0.3) is 11.1 Å².